The highest BCUT2D eigenvalue weighted by Crippen LogP contribution is 2.34. The highest BCUT2D eigenvalue weighted by molar-refractivity contribution is 5.77. The van der Waals surface area contributed by atoms with Crippen molar-refractivity contribution in [2.75, 3.05) is 19.7 Å². The lowest BCUT2D eigenvalue weighted by Crippen LogP contribution is -2.49. The normalized spacial score (nSPS) is 29.7. The van der Waals surface area contributed by atoms with E-state index in [1.54, 1.807) is 0 Å². The van der Waals surface area contributed by atoms with Crippen LogP contribution in [0.4, 0.5) is 0 Å². The summed E-state index contributed by atoms with van der Waals surface area (Å²) in [4.78, 5) is 11.4. The SMILES string of the molecule is CCCC1CC1NC(=O)COC1CNC1. The van der Waals surface area contributed by atoms with Gasteiger partial charge in [-0.3, -0.25) is 4.79 Å². The summed E-state index contributed by atoms with van der Waals surface area (Å²) in [7, 11) is 0. The summed E-state index contributed by atoms with van der Waals surface area (Å²) in [5.74, 6) is 0.773. The largest absolute Gasteiger partial charge is 0.366 e. The third-order valence-corrected chi connectivity index (χ3v) is 3.12. The molecule has 2 rings (SSSR count). The first-order valence-electron chi connectivity index (χ1n) is 5.91. The fourth-order valence-electron chi connectivity index (χ4n) is 1.94. The van der Waals surface area contributed by atoms with Gasteiger partial charge in [0, 0.05) is 19.1 Å². The molecule has 2 N–H and O–H groups in total. The van der Waals surface area contributed by atoms with Crippen LogP contribution in [0, 0.1) is 5.92 Å². The molecule has 1 aliphatic heterocycles. The minimum absolute atomic E-state index is 0.0468. The van der Waals surface area contributed by atoms with Gasteiger partial charge in [-0.2, -0.15) is 0 Å². The van der Waals surface area contributed by atoms with Crippen LogP contribution in [-0.4, -0.2) is 37.7 Å². The quantitative estimate of drug-likeness (QED) is 0.665. The molecule has 1 saturated carbocycles. The molecule has 4 heteroatoms. The Labute approximate surface area is 90.8 Å². The number of rotatable bonds is 6. The van der Waals surface area contributed by atoms with Gasteiger partial charge in [0.05, 0.1) is 6.10 Å². The Kier molecular flexibility index (Phi) is 3.59. The van der Waals surface area contributed by atoms with E-state index in [-0.39, 0.29) is 18.6 Å². The molecule has 1 amide bonds. The molecule has 15 heavy (non-hydrogen) atoms. The molecule has 1 aliphatic carbocycles. The Morgan fingerprint density at radius 1 is 1.53 bits per heavy atom. The molecule has 1 heterocycles. The fraction of sp³-hybridized carbons (Fsp3) is 0.909. The number of hydrogen-bond donors (Lipinski definition) is 2. The average Bonchev–Trinajstić information content (AvgIpc) is 2.81. The number of hydrogen-bond acceptors (Lipinski definition) is 3. The van der Waals surface area contributed by atoms with E-state index in [0.29, 0.717) is 6.04 Å². The van der Waals surface area contributed by atoms with Crippen LogP contribution in [0.1, 0.15) is 26.2 Å². The second-order valence-electron chi connectivity index (χ2n) is 4.55. The number of amides is 1. The van der Waals surface area contributed by atoms with Crippen LogP contribution in [-0.2, 0) is 9.53 Å². The number of nitrogens with one attached hydrogen (secondary N) is 2. The molecule has 2 atom stereocenters. The van der Waals surface area contributed by atoms with E-state index in [2.05, 4.69) is 17.6 Å². The summed E-state index contributed by atoms with van der Waals surface area (Å²) in [6.07, 6.45) is 3.85. The molecule has 4 nitrogen and oxygen atoms in total. The Bertz CT molecular complexity index is 229. The topological polar surface area (TPSA) is 50.4 Å². The van der Waals surface area contributed by atoms with Crippen LogP contribution in [0.2, 0.25) is 0 Å². The smallest absolute Gasteiger partial charge is 0.246 e. The summed E-state index contributed by atoms with van der Waals surface area (Å²) in [5.41, 5.74) is 0. The fourth-order valence-corrected chi connectivity index (χ4v) is 1.94. The van der Waals surface area contributed by atoms with Gasteiger partial charge in [0.2, 0.25) is 5.91 Å². The summed E-state index contributed by atoms with van der Waals surface area (Å²) in [6, 6.07) is 0.431. The van der Waals surface area contributed by atoms with Gasteiger partial charge in [-0.05, 0) is 18.8 Å². The summed E-state index contributed by atoms with van der Waals surface area (Å²) >= 11 is 0. The van der Waals surface area contributed by atoms with E-state index < -0.39 is 0 Å². The maximum absolute atomic E-state index is 11.4. The van der Waals surface area contributed by atoms with Gasteiger partial charge in [-0.25, -0.2) is 0 Å². The van der Waals surface area contributed by atoms with Crippen molar-refractivity contribution in [2.45, 2.75) is 38.3 Å². The van der Waals surface area contributed by atoms with Crippen LogP contribution in [0.25, 0.3) is 0 Å². The maximum atomic E-state index is 11.4. The number of carbonyl (C=O) groups excluding carboxylic acids is 1. The van der Waals surface area contributed by atoms with Crippen LogP contribution in [0.15, 0.2) is 0 Å². The minimum atomic E-state index is 0.0468. The first-order chi connectivity index (χ1) is 7.29. The van der Waals surface area contributed by atoms with Crippen molar-refractivity contribution in [1.82, 2.24) is 10.6 Å². The standard InChI is InChI=1S/C11H20N2O2/c1-2-3-8-4-10(8)13-11(14)7-15-9-5-12-6-9/h8-10,12H,2-7H2,1H3,(H,13,14). The lowest BCUT2D eigenvalue weighted by molar-refractivity contribution is -0.128. The molecule has 0 aromatic carbocycles. The van der Waals surface area contributed by atoms with Gasteiger partial charge >= 0.3 is 0 Å². The van der Waals surface area contributed by atoms with Crippen LogP contribution in [0.3, 0.4) is 0 Å². The van der Waals surface area contributed by atoms with Gasteiger partial charge in [-0.1, -0.05) is 13.3 Å². The molecule has 0 aromatic rings. The molecule has 0 radical (unpaired) electrons. The molecular formula is C11H20N2O2. The highest BCUT2D eigenvalue weighted by Gasteiger charge is 2.37. The number of carbonyl (C=O) groups is 1. The van der Waals surface area contributed by atoms with E-state index in [1.807, 2.05) is 0 Å². The zero-order valence-electron chi connectivity index (χ0n) is 9.29. The monoisotopic (exact) mass is 212 g/mol. The summed E-state index contributed by atoms with van der Waals surface area (Å²) < 4.78 is 5.39. The Morgan fingerprint density at radius 3 is 2.93 bits per heavy atom. The Morgan fingerprint density at radius 2 is 2.33 bits per heavy atom. The van der Waals surface area contributed by atoms with E-state index >= 15 is 0 Å². The van der Waals surface area contributed by atoms with Crippen LogP contribution < -0.4 is 10.6 Å². The first kappa shape index (κ1) is 10.9. The van der Waals surface area contributed by atoms with E-state index in [1.165, 1.54) is 12.8 Å². The van der Waals surface area contributed by atoms with Crippen LogP contribution >= 0.6 is 0 Å². The van der Waals surface area contributed by atoms with E-state index in [4.69, 9.17) is 4.74 Å². The van der Waals surface area contributed by atoms with Gasteiger partial charge in [-0.15, -0.1) is 0 Å². The molecule has 0 aromatic heterocycles. The van der Waals surface area contributed by atoms with E-state index in [9.17, 15) is 4.79 Å². The molecule has 2 unspecified atom stereocenters. The second kappa shape index (κ2) is 4.94. The molecule has 1 saturated heterocycles. The Balaban J connectivity index is 1.53. The molecule has 2 aliphatic rings. The molecular weight excluding hydrogens is 192 g/mol. The van der Waals surface area contributed by atoms with Crippen molar-refractivity contribution < 1.29 is 9.53 Å². The van der Waals surface area contributed by atoms with Gasteiger partial charge in [0.1, 0.15) is 6.61 Å². The van der Waals surface area contributed by atoms with Crippen molar-refractivity contribution in [2.24, 2.45) is 5.92 Å². The van der Waals surface area contributed by atoms with Crippen molar-refractivity contribution in [1.29, 1.82) is 0 Å². The molecule has 0 bridgehead atoms. The zero-order valence-corrected chi connectivity index (χ0v) is 9.29. The lowest BCUT2D eigenvalue weighted by atomic mass is 10.2. The predicted molar refractivity (Wildman–Crippen MR) is 57.6 cm³/mol. The van der Waals surface area contributed by atoms with Gasteiger partial charge in [0.25, 0.3) is 0 Å². The molecule has 0 spiro atoms. The summed E-state index contributed by atoms with van der Waals surface area (Å²) in [6.45, 7) is 4.18. The first-order valence-corrected chi connectivity index (χ1v) is 5.91. The lowest BCUT2D eigenvalue weighted by Gasteiger charge is -2.26. The zero-order chi connectivity index (χ0) is 10.7. The number of ether oxygens (including phenoxy) is 1. The van der Waals surface area contributed by atoms with Crippen LogP contribution in [0.5, 0.6) is 0 Å². The van der Waals surface area contributed by atoms with Crippen molar-refractivity contribution >= 4 is 5.91 Å². The Hall–Kier alpha value is -0.610. The van der Waals surface area contributed by atoms with Gasteiger partial charge < -0.3 is 15.4 Å². The highest BCUT2D eigenvalue weighted by atomic mass is 16.5. The van der Waals surface area contributed by atoms with Crippen molar-refractivity contribution in [3.05, 3.63) is 0 Å². The second-order valence-corrected chi connectivity index (χ2v) is 4.55. The summed E-state index contributed by atoms with van der Waals surface area (Å²) in [5, 5.41) is 6.11. The molecule has 86 valence electrons. The van der Waals surface area contributed by atoms with Gasteiger partial charge in [0.15, 0.2) is 0 Å². The molecule has 2 fully saturated rings. The van der Waals surface area contributed by atoms with Crippen molar-refractivity contribution in [3.8, 4) is 0 Å². The average molecular weight is 212 g/mol. The third kappa shape index (κ3) is 3.18. The minimum Gasteiger partial charge on any atom is -0.366 e. The maximum Gasteiger partial charge on any atom is 0.246 e. The third-order valence-electron chi connectivity index (χ3n) is 3.12. The van der Waals surface area contributed by atoms with E-state index in [0.717, 1.165) is 25.4 Å². The predicted octanol–water partition coefficient (Wildman–Crippen LogP) is 0.280. The van der Waals surface area contributed by atoms with Crippen molar-refractivity contribution in [3.63, 3.8) is 0 Å².